The molecule has 1 aromatic heterocycles. The van der Waals surface area contributed by atoms with E-state index in [2.05, 4.69) is 0 Å². The molecule has 1 fully saturated rings. The van der Waals surface area contributed by atoms with E-state index < -0.39 is 48.2 Å². The number of rotatable bonds is 2. The Hall–Kier alpha value is -1.75. The van der Waals surface area contributed by atoms with Gasteiger partial charge in [-0.15, -0.1) is 0 Å². The zero-order valence-corrected chi connectivity index (χ0v) is 9.89. The molecule has 4 atom stereocenters. The van der Waals surface area contributed by atoms with Crippen molar-refractivity contribution in [3.8, 4) is 0 Å². The molecule has 10 nitrogen and oxygen atoms in total. The van der Waals surface area contributed by atoms with Gasteiger partial charge in [-0.2, -0.15) is 0 Å². The molecule has 0 amide bonds. The van der Waals surface area contributed by atoms with Crippen LogP contribution < -0.4 is 17.1 Å². The molecule has 1 aliphatic heterocycles. The Bertz CT molecular complexity index is 644. The topological polar surface area (TPSA) is 147 Å². The number of hydrogen-bond acceptors (Lipinski definition) is 7. The molecule has 0 spiro atoms. The second kappa shape index (κ2) is 4.74. The lowest BCUT2D eigenvalue weighted by Crippen LogP contribution is -2.51. The van der Waals surface area contributed by atoms with E-state index in [0.717, 1.165) is 7.05 Å². The monoisotopic (exact) mass is 275 g/mol. The van der Waals surface area contributed by atoms with Gasteiger partial charge in [0.25, 0.3) is 0 Å². The Morgan fingerprint density at radius 3 is 2.37 bits per heavy atom. The number of H-pyrrole nitrogens is 1. The molecule has 2 heterocycles. The predicted octanol–water partition coefficient (Wildman–Crippen LogP) is -4.15. The molecular formula is C9H13N3O7. The minimum absolute atomic E-state index is 0.477. The fraction of sp³-hybridized carbons (Fsp3) is 0.667. The summed E-state index contributed by atoms with van der Waals surface area (Å²) in [5.41, 5.74) is -2.97. The fourth-order valence-electron chi connectivity index (χ4n) is 1.89. The van der Waals surface area contributed by atoms with Gasteiger partial charge in [-0.3, -0.25) is 4.98 Å². The smallest absolute Gasteiger partial charge is 0.338 e. The molecule has 1 saturated heterocycles. The van der Waals surface area contributed by atoms with Crippen molar-refractivity contribution < 1.29 is 20.1 Å². The largest absolute Gasteiger partial charge is 0.394 e. The molecule has 0 radical (unpaired) electrons. The second-order valence-electron chi connectivity index (χ2n) is 4.18. The van der Waals surface area contributed by atoms with E-state index in [0.29, 0.717) is 9.13 Å². The maximum Gasteiger partial charge on any atom is 0.338 e. The SMILES string of the molecule is Cn1c(=O)[nH]c(=O)n([C@H]2O[C@@H](CO)[C@@H](O)[C@@H]2O)c1=O. The van der Waals surface area contributed by atoms with Gasteiger partial charge in [0.1, 0.15) is 18.3 Å². The second-order valence-corrected chi connectivity index (χ2v) is 4.18. The summed E-state index contributed by atoms with van der Waals surface area (Å²) in [5, 5.41) is 28.2. The van der Waals surface area contributed by atoms with Crippen molar-refractivity contribution in [2.45, 2.75) is 24.5 Å². The number of nitrogens with one attached hydrogen (secondary N) is 1. The van der Waals surface area contributed by atoms with Crippen molar-refractivity contribution in [1.29, 1.82) is 0 Å². The highest BCUT2D eigenvalue weighted by Gasteiger charge is 2.44. The molecular weight excluding hydrogens is 262 g/mol. The normalized spacial score (nSPS) is 30.7. The third kappa shape index (κ3) is 2.04. The van der Waals surface area contributed by atoms with Crippen LogP contribution in [0.15, 0.2) is 14.4 Å². The highest BCUT2D eigenvalue weighted by atomic mass is 16.6. The van der Waals surface area contributed by atoms with Crippen LogP contribution in [0.25, 0.3) is 0 Å². The molecule has 0 aromatic carbocycles. The van der Waals surface area contributed by atoms with E-state index in [1.54, 1.807) is 0 Å². The molecule has 0 aliphatic carbocycles. The molecule has 1 aromatic rings. The van der Waals surface area contributed by atoms with E-state index in [1.807, 2.05) is 4.98 Å². The highest BCUT2D eigenvalue weighted by molar-refractivity contribution is 4.90. The Labute approximate surface area is 105 Å². The fourth-order valence-corrected chi connectivity index (χ4v) is 1.89. The third-order valence-electron chi connectivity index (χ3n) is 3.00. The van der Waals surface area contributed by atoms with Crippen molar-refractivity contribution >= 4 is 0 Å². The lowest BCUT2D eigenvalue weighted by molar-refractivity contribution is -0.0578. The molecule has 10 heteroatoms. The molecule has 0 saturated carbocycles. The summed E-state index contributed by atoms with van der Waals surface area (Å²) in [6, 6.07) is 0. The summed E-state index contributed by atoms with van der Waals surface area (Å²) in [5.74, 6) is 0. The lowest BCUT2D eigenvalue weighted by Gasteiger charge is -2.16. The third-order valence-corrected chi connectivity index (χ3v) is 3.00. The minimum Gasteiger partial charge on any atom is -0.394 e. The van der Waals surface area contributed by atoms with Crippen molar-refractivity contribution in [2.24, 2.45) is 7.05 Å². The van der Waals surface area contributed by atoms with E-state index in [1.165, 1.54) is 0 Å². The van der Waals surface area contributed by atoms with Crippen LogP contribution in [0.1, 0.15) is 6.23 Å². The minimum atomic E-state index is -1.58. The summed E-state index contributed by atoms with van der Waals surface area (Å²) >= 11 is 0. The summed E-state index contributed by atoms with van der Waals surface area (Å²) in [4.78, 5) is 36.5. The lowest BCUT2D eigenvalue weighted by atomic mass is 10.1. The molecule has 0 unspecified atom stereocenters. The van der Waals surface area contributed by atoms with Gasteiger partial charge in [-0.1, -0.05) is 0 Å². The van der Waals surface area contributed by atoms with Gasteiger partial charge in [0.2, 0.25) is 0 Å². The van der Waals surface area contributed by atoms with Crippen molar-refractivity contribution in [2.75, 3.05) is 6.61 Å². The average Bonchev–Trinajstić information content (AvgIpc) is 2.64. The Balaban J connectivity index is 2.56. The van der Waals surface area contributed by atoms with E-state index in [9.17, 15) is 24.6 Å². The number of aromatic nitrogens is 3. The van der Waals surface area contributed by atoms with Crippen molar-refractivity contribution in [1.82, 2.24) is 14.1 Å². The van der Waals surface area contributed by atoms with E-state index >= 15 is 0 Å². The summed E-state index contributed by atoms with van der Waals surface area (Å²) in [6.07, 6.45) is -5.62. The average molecular weight is 275 g/mol. The van der Waals surface area contributed by atoms with Gasteiger partial charge in [0, 0.05) is 7.05 Å². The zero-order valence-electron chi connectivity index (χ0n) is 9.89. The molecule has 106 valence electrons. The van der Waals surface area contributed by atoms with Crippen molar-refractivity contribution in [3.63, 3.8) is 0 Å². The van der Waals surface area contributed by atoms with Gasteiger partial charge in [0.15, 0.2) is 6.23 Å². The van der Waals surface area contributed by atoms with Crippen LogP contribution in [-0.4, -0.2) is 54.4 Å². The number of nitrogens with zero attached hydrogens (tertiary/aromatic N) is 2. The summed E-state index contributed by atoms with van der Waals surface area (Å²) in [7, 11) is 1.14. The quantitative estimate of drug-likeness (QED) is 0.428. The Kier molecular flexibility index (Phi) is 3.41. The van der Waals surface area contributed by atoms with Gasteiger partial charge in [-0.25, -0.2) is 23.5 Å². The van der Waals surface area contributed by atoms with Crippen LogP contribution in [0.5, 0.6) is 0 Å². The Morgan fingerprint density at radius 2 is 1.84 bits per heavy atom. The Morgan fingerprint density at radius 1 is 1.21 bits per heavy atom. The van der Waals surface area contributed by atoms with Crippen LogP contribution in [-0.2, 0) is 11.8 Å². The molecule has 19 heavy (non-hydrogen) atoms. The first kappa shape index (κ1) is 13.7. The molecule has 2 rings (SSSR count). The van der Waals surface area contributed by atoms with Gasteiger partial charge >= 0.3 is 17.1 Å². The number of ether oxygens (including phenoxy) is 1. The number of aromatic amines is 1. The van der Waals surface area contributed by atoms with Gasteiger partial charge in [-0.05, 0) is 0 Å². The van der Waals surface area contributed by atoms with Crippen LogP contribution in [0.3, 0.4) is 0 Å². The van der Waals surface area contributed by atoms with E-state index in [4.69, 9.17) is 9.84 Å². The van der Waals surface area contributed by atoms with Gasteiger partial charge < -0.3 is 20.1 Å². The molecule has 4 N–H and O–H groups in total. The standard InChI is InChI=1S/C9H13N3O7/c1-11-7(16)10-8(17)12(9(11)18)6-5(15)4(14)3(2-13)19-6/h3-6,13-15H,2H2,1H3,(H,10,16,17)/t3-,4+,5-,6-/m0/s1. The maximum atomic E-state index is 11.8. The first-order valence-corrected chi connectivity index (χ1v) is 5.42. The zero-order chi connectivity index (χ0) is 14.3. The summed E-state index contributed by atoms with van der Waals surface area (Å²) in [6.45, 7) is -0.590. The maximum absolute atomic E-state index is 11.8. The van der Waals surface area contributed by atoms with Crippen LogP contribution in [0.4, 0.5) is 0 Å². The number of aliphatic hydroxyl groups is 3. The predicted molar refractivity (Wildman–Crippen MR) is 59.6 cm³/mol. The number of aliphatic hydroxyl groups excluding tert-OH is 3. The molecule has 1 aliphatic rings. The first-order valence-electron chi connectivity index (χ1n) is 5.42. The van der Waals surface area contributed by atoms with Gasteiger partial charge in [0.05, 0.1) is 6.61 Å². The van der Waals surface area contributed by atoms with Crippen molar-refractivity contribution in [3.05, 3.63) is 31.5 Å². The number of hydrogen-bond donors (Lipinski definition) is 4. The van der Waals surface area contributed by atoms with Crippen LogP contribution >= 0.6 is 0 Å². The van der Waals surface area contributed by atoms with E-state index in [-0.39, 0.29) is 0 Å². The van der Waals surface area contributed by atoms with Crippen LogP contribution in [0.2, 0.25) is 0 Å². The summed E-state index contributed by atoms with van der Waals surface area (Å²) < 4.78 is 6.15. The van der Waals surface area contributed by atoms with Crippen LogP contribution in [0, 0.1) is 0 Å². The molecule has 0 bridgehead atoms. The highest BCUT2D eigenvalue weighted by Crippen LogP contribution is 2.26. The first-order chi connectivity index (χ1) is 8.88.